The van der Waals surface area contributed by atoms with E-state index in [2.05, 4.69) is 4.99 Å². The molecule has 0 bridgehead atoms. The Labute approximate surface area is 108 Å². The predicted molar refractivity (Wildman–Crippen MR) is 71.8 cm³/mol. The molecule has 0 amide bonds. The van der Waals surface area contributed by atoms with E-state index in [0.717, 1.165) is 31.2 Å². The topological polar surface area (TPSA) is 38.7 Å². The minimum absolute atomic E-state index is 0.0452. The van der Waals surface area contributed by atoms with Crippen molar-refractivity contribution in [2.45, 2.75) is 44.8 Å². The van der Waals surface area contributed by atoms with Crippen LogP contribution in [-0.4, -0.2) is 24.3 Å². The molecule has 0 unspecified atom stereocenters. The average molecular weight is 245 g/mol. The first-order valence-electron chi connectivity index (χ1n) is 6.51. The lowest BCUT2D eigenvalue weighted by atomic mass is 9.93. The zero-order valence-electron chi connectivity index (χ0n) is 10.7. The van der Waals surface area contributed by atoms with Crippen LogP contribution in [-0.2, 0) is 9.53 Å². The van der Waals surface area contributed by atoms with E-state index in [1.54, 1.807) is 0 Å². The van der Waals surface area contributed by atoms with Gasteiger partial charge < -0.3 is 4.74 Å². The first-order chi connectivity index (χ1) is 8.75. The Morgan fingerprint density at radius 1 is 1.28 bits per heavy atom. The van der Waals surface area contributed by atoms with Crippen LogP contribution in [0.2, 0.25) is 0 Å². The minimum Gasteiger partial charge on any atom is -0.460 e. The van der Waals surface area contributed by atoms with Crippen LogP contribution < -0.4 is 0 Å². The van der Waals surface area contributed by atoms with Crippen molar-refractivity contribution in [1.29, 1.82) is 0 Å². The van der Waals surface area contributed by atoms with Crippen molar-refractivity contribution in [3.05, 3.63) is 35.9 Å². The molecule has 1 fully saturated rings. The molecule has 0 aliphatic heterocycles. The van der Waals surface area contributed by atoms with Crippen molar-refractivity contribution in [1.82, 2.24) is 0 Å². The molecule has 0 saturated heterocycles. The Morgan fingerprint density at radius 3 is 2.72 bits per heavy atom. The number of rotatable bonds is 3. The second kappa shape index (κ2) is 6.34. The summed E-state index contributed by atoms with van der Waals surface area (Å²) in [7, 11) is 0. The van der Waals surface area contributed by atoms with Gasteiger partial charge in [0, 0.05) is 13.1 Å². The van der Waals surface area contributed by atoms with Crippen LogP contribution in [0.15, 0.2) is 35.3 Å². The summed E-state index contributed by atoms with van der Waals surface area (Å²) in [5, 5.41) is 0. The first-order valence-corrected chi connectivity index (χ1v) is 6.51. The van der Waals surface area contributed by atoms with Gasteiger partial charge in [-0.1, -0.05) is 36.8 Å². The second-order valence-corrected chi connectivity index (χ2v) is 4.69. The maximum atomic E-state index is 11.1. The molecule has 0 radical (unpaired) electrons. The Hall–Kier alpha value is -1.64. The highest BCUT2D eigenvalue weighted by atomic mass is 16.5. The highest BCUT2D eigenvalue weighted by molar-refractivity contribution is 5.79. The van der Waals surface area contributed by atoms with Crippen molar-refractivity contribution in [2.75, 3.05) is 0 Å². The van der Waals surface area contributed by atoms with Gasteiger partial charge in [-0.2, -0.15) is 0 Å². The maximum Gasteiger partial charge on any atom is 0.302 e. The van der Waals surface area contributed by atoms with E-state index >= 15 is 0 Å². The zero-order valence-corrected chi connectivity index (χ0v) is 10.7. The van der Waals surface area contributed by atoms with Crippen molar-refractivity contribution in [3.8, 4) is 0 Å². The predicted octanol–water partition coefficient (Wildman–Crippen LogP) is 2.98. The number of hydrogen-bond donors (Lipinski definition) is 0. The third-order valence-electron chi connectivity index (χ3n) is 3.20. The number of hydrogen-bond acceptors (Lipinski definition) is 3. The molecule has 1 aromatic carbocycles. The third-order valence-corrected chi connectivity index (χ3v) is 3.20. The van der Waals surface area contributed by atoms with Gasteiger partial charge in [-0.15, -0.1) is 0 Å². The highest BCUT2D eigenvalue weighted by Crippen LogP contribution is 2.24. The van der Waals surface area contributed by atoms with E-state index < -0.39 is 0 Å². The lowest BCUT2D eigenvalue weighted by molar-refractivity contribution is -0.148. The molecule has 18 heavy (non-hydrogen) atoms. The van der Waals surface area contributed by atoms with E-state index in [9.17, 15) is 4.79 Å². The zero-order chi connectivity index (χ0) is 12.8. The number of esters is 1. The van der Waals surface area contributed by atoms with Crippen LogP contribution in [0, 0.1) is 0 Å². The van der Waals surface area contributed by atoms with Crippen LogP contribution >= 0.6 is 0 Å². The number of aliphatic imine (C=N–C) groups is 1. The molecule has 0 aromatic heterocycles. The summed E-state index contributed by atoms with van der Waals surface area (Å²) >= 11 is 0. The van der Waals surface area contributed by atoms with E-state index in [1.807, 2.05) is 36.5 Å². The fourth-order valence-electron chi connectivity index (χ4n) is 2.32. The molecular weight excluding hydrogens is 226 g/mol. The summed E-state index contributed by atoms with van der Waals surface area (Å²) in [6.45, 7) is 1.46. The Kier molecular flexibility index (Phi) is 4.51. The van der Waals surface area contributed by atoms with E-state index in [4.69, 9.17) is 4.74 Å². The summed E-state index contributed by atoms with van der Waals surface area (Å²) in [4.78, 5) is 15.6. The van der Waals surface area contributed by atoms with Gasteiger partial charge in [-0.25, -0.2) is 0 Å². The number of carbonyl (C=O) groups is 1. The van der Waals surface area contributed by atoms with Crippen molar-refractivity contribution in [2.24, 2.45) is 4.99 Å². The fraction of sp³-hybridized carbons (Fsp3) is 0.467. The molecule has 1 saturated carbocycles. The summed E-state index contributed by atoms with van der Waals surface area (Å²) < 4.78 is 5.34. The number of benzene rings is 1. The van der Waals surface area contributed by atoms with Gasteiger partial charge in [-0.05, 0) is 24.8 Å². The minimum atomic E-state index is -0.207. The number of nitrogens with zero attached hydrogens (tertiary/aromatic N) is 1. The lowest BCUT2D eigenvalue weighted by Gasteiger charge is -2.27. The van der Waals surface area contributed by atoms with Gasteiger partial charge in [0.15, 0.2) is 0 Å². The Balaban J connectivity index is 2.01. The molecule has 2 atom stereocenters. The molecule has 0 N–H and O–H groups in total. The normalized spacial score (nSPS) is 24.1. The smallest absolute Gasteiger partial charge is 0.302 e. The van der Waals surface area contributed by atoms with Gasteiger partial charge in [0.1, 0.15) is 6.10 Å². The van der Waals surface area contributed by atoms with Crippen molar-refractivity contribution >= 4 is 12.2 Å². The van der Waals surface area contributed by atoms with Crippen LogP contribution in [0.5, 0.6) is 0 Å². The summed E-state index contributed by atoms with van der Waals surface area (Å²) in [5.41, 5.74) is 1.09. The number of carbonyl (C=O) groups excluding carboxylic acids is 1. The Morgan fingerprint density at radius 2 is 2.00 bits per heavy atom. The van der Waals surface area contributed by atoms with Crippen LogP contribution in [0.1, 0.15) is 38.2 Å². The molecule has 1 aliphatic carbocycles. The second-order valence-electron chi connectivity index (χ2n) is 4.69. The summed E-state index contributed by atoms with van der Waals surface area (Å²) in [5.74, 6) is -0.207. The average Bonchev–Trinajstić information content (AvgIpc) is 2.38. The standard InChI is InChI=1S/C15H19NO2/c1-12(17)18-15-10-6-5-9-14(15)16-11-13-7-3-2-4-8-13/h2-4,7-8,11,14-15H,5-6,9-10H2,1H3/b16-11+/t14-,15-/m1/s1. The molecule has 3 heteroatoms. The first kappa shape index (κ1) is 12.8. The van der Waals surface area contributed by atoms with Gasteiger partial charge in [-0.3, -0.25) is 9.79 Å². The van der Waals surface area contributed by atoms with E-state index in [0.29, 0.717) is 0 Å². The van der Waals surface area contributed by atoms with Gasteiger partial charge in [0.05, 0.1) is 6.04 Å². The molecule has 1 aliphatic rings. The van der Waals surface area contributed by atoms with E-state index in [1.165, 1.54) is 6.92 Å². The van der Waals surface area contributed by atoms with E-state index in [-0.39, 0.29) is 18.1 Å². The SMILES string of the molecule is CC(=O)O[C@@H]1CCCC[C@H]1/N=C/c1ccccc1. The van der Waals surface area contributed by atoms with Crippen molar-refractivity contribution in [3.63, 3.8) is 0 Å². The van der Waals surface area contributed by atoms with Gasteiger partial charge in [0.2, 0.25) is 0 Å². The van der Waals surface area contributed by atoms with Gasteiger partial charge >= 0.3 is 5.97 Å². The monoisotopic (exact) mass is 245 g/mol. The maximum absolute atomic E-state index is 11.1. The Bertz CT molecular complexity index is 414. The van der Waals surface area contributed by atoms with Crippen molar-refractivity contribution < 1.29 is 9.53 Å². The lowest BCUT2D eigenvalue weighted by Crippen LogP contribution is -2.32. The van der Waals surface area contributed by atoms with Crippen LogP contribution in [0.25, 0.3) is 0 Å². The molecule has 1 aromatic rings. The molecule has 0 spiro atoms. The number of ether oxygens (including phenoxy) is 1. The molecule has 3 nitrogen and oxygen atoms in total. The quantitative estimate of drug-likeness (QED) is 0.606. The summed E-state index contributed by atoms with van der Waals surface area (Å²) in [6, 6.07) is 10.1. The van der Waals surface area contributed by atoms with Gasteiger partial charge in [0.25, 0.3) is 0 Å². The fourth-order valence-corrected chi connectivity index (χ4v) is 2.32. The molecule has 96 valence electrons. The van der Waals surface area contributed by atoms with Crippen LogP contribution in [0.4, 0.5) is 0 Å². The largest absolute Gasteiger partial charge is 0.460 e. The third kappa shape index (κ3) is 3.69. The molecule has 0 heterocycles. The highest BCUT2D eigenvalue weighted by Gasteiger charge is 2.26. The molecular formula is C15H19NO2. The summed E-state index contributed by atoms with van der Waals surface area (Å²) in [6.07, 6.45) is 6.05. The van der Waals surface area contributed by atoms with Crippen LogP contribution in [0.3, 0.4) is 0 Å². The molecule has 2 rings (SSSR count).